The molecule has 2 rings (SSSR count). The summed E-state index contributed by atoms with van der Waals surface area (Å²) in [6, 6.07) is 7.15. The molecule has 0 aliphatic rings. The van der Waals surface area contributed by atoms with Gasteiger partial charge in [0, 0.05) is 17.9 Å². The van der Waals surface area contributed by atoms with Gasteiger partial charge in [0.25, 0.3) is 0 Å². The Morgan fingerprint density at radius 1 is 1.38 bits per heavy atom. The zero-order chi connectivity index (χ0) is 11.4. The monoisotopic (exact) mass is 281 g/mol. The average Bonchev–Trinajstić information content (AvgIpc) is 2.66. The molecule has 4 nitrogen and oxygen atoms in total. The standard InChI is InChI=1S/C11H12BrN3O/c12-5-4-10-8-15(14-13-10)7-9-2-1-3-11(16)6-9/h1-3,6,8,16H,4-5,7H2. The average molecular weight is 282 g/mol. The molecule has 0 bridgehead atoms. The van der Waals surface area contributed by atoms with Gasteiger partial charge in [-0.25, -0.2) is 4.68 Å². The normalized spacial score (nSPS) is 10.6. The van der Waals surface area contributed by atoms with Crippen LogP contribution in [0.2, 0.25) is 0 Å². The van der Waals surface area contributed by atoms with Crippen LogP contribution in [0.3, 0.4) is 0 Å². The number of benzene rings is 1. The molecular weight excluding hydrogens is 270 g/mol. The molecule has 0 radical (unpaired) electrons. The van der Waals surface area contributed by atoms with E-state index in [1.54, 1.807) is 16.8 Å². The Morgan fingerprint density at radius 3 is 3.00 bits per heavy atom. The summed E-state index contributed by atoms with van der Waals surface area (Å²) in [6.07, 6.45) is 2.80. The number of phenolic OH excluding ortho intramolecular Hbond substituents is 1. The molecular formula is C11H12BrN3O. The topological polar surface area (TPSA) is 50.9 Å². The molecule has 0 saturated carbocycles. The molecule has 1 aromatic carbocycles. The van der Waals surface area contributed by atoms with Gasteiger partial charge in [-0.05, 0) is 17.7 Å². The second-order valence-corrected chi connectivity index (χ2v) is 4.31. The fourth-order valence-corrected chi connectivity index (χ4v) is 1.88. The Labute approximate surface area is 102 Å². The summed E-state index contributed by atoms with van der Waals surface area (Å²) in [7, 11) is 0. The van der Waals surface area contributed by atoms with E-state index in [1.165, 1.54) is 0 Å². The van der Waals surface area contributed by atoms with Gasteiger partial charge >= 0.3 is 0 Å². The maximum absolute atomic E-state index is 9.33. The van der Waals surface area contributed by atoms with Gasteiger partial charge in [-0.3, -0.25) is 0 Å². The highest BCUT2D eigenvalue weighted by Gasteiger charge is 2.01. The highest BCUT2D eigenvalue weighted by molar-refractivity contribution is 9.09. The molecule has 0 spiro atoms. The summed E-state index contributed by atoms with van der Waals surface area (Å²) in [5.74, 6) is 0.276. The SMILES string of the molecule is Oc1cccc(Cn2cc(CCBr)nn2)c1. The van der Waals surface area contributed by atoms with E-state index < -0.39 is 0 Å². The molecule has 1 N–H and O–H groups in total. The van der Waals surface area contributed by atoms with E-state index in [1.807, 2.05) is 18.3 Å². The highest BCUT2D eigenvalue weighted by atomic mass is 79.9. The first kappa shape index (κ1) is 11.1. The van der Waals surface area contributed by atoms with Crippen molar-refractivity contribution in [2.24, 2.45) is 0 Å². The van der Waals surface area contributed by atoms with Crippen LogP contribution in [0.1, 0.15) is 11.3 Å². The Hall–Kier alpha value is -1.36. The lowest BCUT2D eigenvalue weighted by Gasteiger charge is -2.00. The minimum absolute atomic E-state index is 0.276. The van der Waals surface area contributed by atoms with Gasteiger partial charge < -0.3 is 5.11 Å². The van der Waals surface area contributed by atoms with Crippen molar-refractivity contribution in [1.82, 2.24) is 15.0 Å². The van der Waals surface area contributed by atoms with Gasteiger partial charge in [0.2, 0.25) is 0 Å². The van der Waals surface area contributed by atoms with Crippen molar-refractivity contribution in [2.45, 2.75) is 13.0 Å². The molecule has 0 saturated heterocycles. The quantitative estimate of drug-likeness (QED) is 0.872. The summed E-state index contributed by atoms with van der Waals surface area (Å²) in [6.45, 7) is 0.629. The van der Waals surface area contributed by atoms with Crippen molar-refractivity contribution in [2.75, 3.05) is 5.33 Å². The van der Waals surface area contributed by atoms with Crippen molar-refractivity contribution < 1.29 is 5.11 Å². The minimum Gasteiger partial charge on any atom is -0.508 e. The van der Waals surface area contributed by atoms with Crippen molar-refractivity contribution in [1.29, 1.82) is 0 Å². The Kier molecular flexibility index (Phi) is 3.56. The number of phenols is 1. The lowest BCUT2D eigenvalue weighted by Crippen LogP contribution is -2.00. The van der Waals surface area contributed by atoms with Crippen LogP contribution in [0.5, 0.6) is 5.75 Å². The molecule has 0 aliphatic carbocycles. The van der Waals surface area contributed by atoms with Crippen LogP contribution in [0.15, 0.2) is 30.5 Å². The molecule has 0 aliphatic heterocycles. The number of hydrogen-bond acceptors (Lipinski definition) is 3. The van der Waals surface area contributed by atoms with Crippen molar-refractivity contribution in [3.63, 3.8) is 0 Å². The van der Waals surface area contributed by atoms with E-state index in [0.29, 0.717) is 6.54 Å². The second kappa shape index (κ2) is 5.12. The third-order valence-corrected chi connectivity index (χ3v) is 2.59. The van der Waals surface area contributed by atoms with Crippen LogP contribution in [0.4, 0.5) is 0 Å². The first-order valence-corrected chi connectivity index (χ1v) is 6.13. The summed E-state index contributed by atoms with van der Waals surface area (Å²) in [5, 5.41) is 18.3. The van der Waals surface area contributed by atoms with Gasteiger partial charge in [0.1, 0.15) is 5.75 Å². The summed E-state index contributed by atoms with van der Waals surface area (Å²) in [5.41, 5.74) is 1.98. The zero-order valence-corrected chi connectivity index (χ0v) is 10.3. The number of rotatable bonds is 4. The number of aryl methyl sites for hydroxylation is 1. The second-order valence-electron chi connectivity index (χ2n) is 3.52. The minimum atomic E-state index is 0.276. The van der Waals surface area contributed by atoms with Crippen LogP contribution < -0.4 is 0 Å². The number of aromatic hydroxyl groups is 1. The Bertz CT molecular complexity index is 470. The maximum atomic E-state index is 9.33. The van der Waals surface area contributed by atoms with Gasteiger partial charge in [-0.2, -0.15) is 0 Å². The largest absolute Gasteiger partial charge is 0.508 e. The third kappa shape index (κ3) is 2.82. The zero-order valence-electron chi connectivity index (χ0n) is 8.67. The van der Waals surface area contributed by atoms with Crippen molar-refractivity contribution in [3.8, 4) is 5.75 Å². The number of nitrogens with zero attached hydrogens (tertiary/aromatic N) is 3. The molecule has 1 aromatic heterocycles. The van der Waals surface area contributed by atoms with E-state index in [-0.39, 0.29) is 5.75 Å². The molecule has 0 unspecified atom stereocenters. The molecule has 0 amide bonds. The van der Waals surface area contributed by atoms with E-state index in [9.17, 15) is 5.11 Å². The summed E-state index contributed by atoms with van der Waals surface area (Å²) < 4.78 is 1.77. The number of aromatic nitrogens is 3. The first-order valence-electron chi connectivity index (χ1n) is 5.01. The smallest absolute Gasteiger partial charge is 0.115 e. The summed E-state index contributed by atoms with van der Waals surface area (Å²) >= 11 is 3.36. The Balaban J connectivity index is 2.08. The molecule has 5 heteroatoms. The van der Waals surface area contributed by atoms with E-state index in [0.717, 1.165) is 23.0 Å². The molecule has 2 aromatic rings. The summed E-state index contributed by atoms with van der Waals surface area (Å²) in [4.78, 5) is 0. The van der Waals surface area contributed by atoms with Crippen LogP contribution in [-0.2, 0) is 13.0 Å². The van der Waals surface area contributed by atoms with Gasteiger partial charge in [-0.15, -0.1) is 5.10 Å². The predicted octanol–water partition coefficient (Wildman–Crippen LogP) is 1.97. The van der Waals surface area contributed by atoms with Gasteiger partial charge in [-0.1, -0.05) is 33.3 Å². The van der Waals surface area contributed by atoms with Crippen LogP contribution in [0, 0.1) is 0 Å². The predicted molar refractivity (Wildman–Crippen MR) is 64.7 cm³/mol. The molecule has 84 valence electrons. The fourth-order valence-electron chi connectivity index (χ4n) is 1.47. The first-order chi connectivity index (χ1) is 7.78. The number of halogens is 1. The van der Waals surface area contributed by atoms with Crippen LogP contribution in [0.25, 0.3) is 0 Å². The molecule has 16 heavy (non-hydrogen) atoms. The Morgan fingerprint density at radius 2 is 2.25 bits per heavy atom. The van der Waals surface area contributed by atoms with Crippen molar-refractivity contribution in [3.05, 3.63) is 41.7 Å². The van der Waals surface area contributed by atoms with E-state index >= 15 is 0 Å². The van der Waals surface area contributed by atoms with Gasteiger partial charge in [0.05, 0.1) is 12.2 Å². The van der Waals surface area contributed by atoms with Crippen LogP contribution in [-0.4, -0.2) is 25.4 Å². The van der Waals surface area contributed by atoms with Crippen LogP contribution >= 0.6 is 15.9 Å². The lowest BCUT2D eigenvalue weighted by atomic mass is 10.2. The molecule has 0 fully saturated rings. The van der Waals surface area contributed by atoms with Gasteiger partial charge in [0.15, 0.2) is 0 Å². The lowest BCUT2D eigenvalue weighted by molar-refractivity contribution is 0.474. The maximum Gasteiger partial charge on any atom is 0.115 e. The van der Waals surface area contributed by atoms with Crippen molar-refractivity contribution >= 4 is 15.9 Å². The molecule has 0 atom stereocenters. The fraction of sp³-hybridized carbons (Fsp3) is 0.273. The third-order valence-electron chi connectivity index (χ3n) is 2.19. The molecule has 1 heterocycles. The van der Waals surface area contributed by atoms with E-state index in [2.05, 4.69) is 26.2 Å². The highest BCUT2D eigenvalue weighted by Crippen LogP contribution is 2.11. The number of alkyl halides is 1. The van der Waals surface area contributed by atoms with E-state index in [4.69, 9.17) is 0 Å². The number of hydrogen-bond donors (Lipinski definition) is 1.